The Hall–Kier alpha value is -2.26. The maximum atomic E-state index is 11.6. The minimum absolute atomic E-state index is 0.0980. The Kier molecular flexibility index (Phi) is 4.77. The molecule has 0 saturated carbocycles. The van der Waals surface area contributed by atoms with Crippen molar-refractivity contribution in [2.24, 2.45) is 10.3 Å². The molecule has 0 aliphatic heterocycles. The lowest BCUT2D eigenvalue weighted by molar-refractivity contribution is 0.596. The standard InChI is InChI=1S/C16H16N2O4S2/c1-3-11-5-7-13(23(17,19)20)9-15(11)16-10-14(24(18,21)22)8-6-12(16)4-2/h3-10H,1-2H2,(H2,17,19,20)(H2,18,21,22). The average molecular weight is 364 g/mol. The predicted octanol–water partition coefficient (Wildman–Crippen LogP) is 1.93. The topological polar surface area (TPSA) is 120 Å². The first-order valence-corrected chi connectivity index (χ1v) is 9.76. The fourth-order valence-corrected chi connectivity index (χ4v) is 3.33. The van der Waals surface area contributed by atoms with E-state index in [4.69, 9.17) is 10.3 Å². The maximum absolute atomic E-state index is 11.6. The molecule has 4 N–H and O–H groups in total. The van der Waals surface area contributed by atoms with Gasteiger partial charge in [0.15, 0.2) is 0 Å². The molecule has 0 radical (unpaired) electrons. The van der Waals surface area contributed by atoms with Gasteiger partial charge in [-0.3, -0.25) is 0 Å². The van der Waals surface area contributed by atoms with E-state index in [9.17, 15) is 16.8 Å². The molecule has 0 aliphatic rings. The third-order valence-corrected chi connectivity index (χ3v) is 5.26. The number of benzene rings is 2. The number of primary sulfonamides is 2. The molecular weight excluding hydrogens is 348 g/mol. The third kappa shape index (κ3) is 3.62. The number of hydrogen-bond donors (Lipinski definition) is 2. The van der Waals surface area contributed by atoms with E-state index in [0.717, 1.165) is 0 Å². The number of sulfonamides is 2. The molecule has 0 unspecified atom stereocenters. The molecule has 0 fully saturated rings. The molecule has 0 heterocycles. The summed E-state index contributed by atoms with van der Waals surface area (Å²) in [6.45, 7) is 7.37. The summed E-state index contributed by atoms with van der Waals surface area (Å²) in [7, 11) is -7.84. The Morgan fingerprint density at radius 2 is 1.04 bits per heavy atom. The van der Waals surface area contributed by atoms with Gasteiger partial charge in [-0.2, -0.15) is 0 Å². The van der Waals surface area contributed by atoms with E-state index in [1.807, 2.05) is 0 Å². The lowest BCUT2D eigenvalue weighted by Gasteiger charge is -2.13. The van der Waals surface area contributed by atoms with Crippen molar-refractivity contribution in [1.82, 2.24) is 0 Å². The molecule has 24 heavy (non-hydrogen) atoms. The minimum atomic E-state index is -3.92. The van der Waals surface area contributed by atoms with Crippen molar-refractivity contribution in [3.8, 4) is 11.1 Å². The molecule has 0 atom stereocenters. The summed E-state index contributed by atoms with van der Waals surface area (Å²) in [5.41, 5.74) is 2.13. The first-order chi connectivity index (χ1) is 11.1. The van der Waals surface area contributed by atoms with E-state index in [1.54, 1.807) is 12.1 Å². The van der Waals surface area contributed by atoms with E-state index in [2.05, 4.69) is 13.2 Å². The number of rotatable bonds is 5. The van der Waals surface area contributed by atoms with Gasteiger partial charge in [0, 0.05) is 0 Å². The van der Waals surface area contributed by atoms with Gasteiger partial charge in [0.2, 0.25) is 20.0 Å². The predicted molar refractivity (Wildman–Crippen MR) is 94.8 cm³/mol. The first-order valence-electron chi connectivity index (χ1n) is 6.67. The molecule has 2 rings (SSSR count). The van der Waals surface area contributed by atoms with E-state index in [-0.39, 0.29) is 9.79 Å². The van der Waals surface area contributed by atoms with Gasteiger partial charge < -0.3 is 0 Å². The Morgan fingerprint density at radius 3 is 1.29 bits per heavy atom. The van der Waals surface area contributed by atoms with Crippen LogP contribution in [0.25, 0.3) is 23.3 Å². The molecular formula is C16H16N2O4S2. The van der Waals surface area contributed by atoms with Gasteiger partial charge in [0.25, 0.3) is 0 Å². The molecule has 2 aromatic rings. The van der Waals surface area contributed by atoms with Crippen LogP contribution in [0.15, 0.2) is 59.3 Å². The Morgan fingerprint density at radius 1 is 0.708 bits per heavy atom. The summed E-state index contributed by atoms with van der Waals surface area (Å²) >= 11 is 0. The smallest absolute Gasteiger partial charge is 0.225 e. The van der Waals surface area contributed by atoms with Crippen LogP contribution in [-0.2, 0) is 20.0 Å². The summed E-state index contributed by atoms with van der Waals surface area (Å²) in [6.07, 6.45) is 3.05. The van der Waals surface area contributed by atoms with Crippen LogP contribution in [0.2, 0.25) is 0 Å². The van der Waals surface area contributed by atoms with Crippen LogP contribution in [0.5, 0.6) is 0 Å². The van der Waals surface area contributed by atoms with Gasteiger partial charge in [-0.05, 0) is 46.5 Å². The fourth-order valence-electron chi connectivity index (χ4n) is 2.25. The minimum Gasteiger partial charge on any atom is -0.225 e. The second-order valence-corrected chi connectivity index (χ2v) is 8.12. The zero-order chi connectivity index (χ0) is 18.1. The van der Waals surface area contributed by atoms with Crippen LogP contribution in [-0.4, -0.2) is 16.8 Å². The number of hydrogen-bond acceptors (Lipinski definition) is 4. The SMILES string of the molecule is C=Cc1ccc(S(N)(=O)=O)cc1-c1cc(S(N)(=O)=O)ccc1C=C. The molecule has 0 bridgehead atoms. The van der Waals surface area contributed by atoms with Gasteiger partial charge in [-0.15, -0.1) is 0 Å². The molecule has 0 aromatic heterocycles. The normalized spacial score (nSPS) is 11.9. The third-order valence-electron chi connectivity index (χ3n) is 3.44. The van der Waals surface area contributed by atoms with Crippen LogP contribution in [0.4, 0.5) is 0 Å². The molecule has 126 valence electrons. The summed E-state index contributed by atoms with van der Waals surface area (Å²) in [5.74, 6) is 0. The quantitative estimate of drug-likeness (QED) is 0.842. The highest BCUT2D eigenvalue weighted by atomic mass is 32.2. The van der Waals surface area contributed by atoms with Crippen molar-refractivity contribution < 1.29 is 16.8 Å². The highest BCUT2D eigenvalue weighted by Gasteiger charge is 2.16. The lowest BCUT2D eigenvalue weighted by Crippen LogP contribution is -2.13. The van der Waals surface area contributed by atoms with Crippen molar-refractivity contribution in [3.63, 3.8) is 0 Å². The largest absolute Gasteiger partial charge is 0.238 e. The summed E-state index contributed by atoms with van der Waals surface area (Å²) in [6, 6.07) is 8.51. The van der Waals surface area contributed by atoms with Crippen molar-refractivity contribution in [1.29, 1.82) is 0 Å². The van der Waals surface area contributed by atoms with E-state index >= 15 is 0 Å². The fraction of sp³-hybridized carbons (Fsp3) is 0. The Bertz CT molecular complexity index is 954. The maximum Gasteiger partial charge on any atom is 0.238 e. The van der Waals surface area contributed by atoms with Gasteiger partial charge in [0.05, 0.1) is 9.79 Å². The van der Waals surface area contributed by atoms with Crippen molar-refractivity contribution in [2.75, 3.05) is 0 Å². The van der Waals surface area contributed by atoms with Crippen LogP contribution in [0.1, 0.15) is 11.1 Å². The monoisotopic (exact) mass is 364 g/mol. The van der Waals surface area contributed by atoms with E-state index in [0.29, 0.717) is 22.3 Å². The van der Waals surface area contributed by atoms with Gasteiger partial charge in [0.1, 0.15) is 0 Å². The zero-order valence-electron chi connectivity index (χ0n) is 12.6. The van der Waals surface area contributed by atoms with E-state index in [1.165, 1.54) is 36.4 Å². The molecule has 0 amide bonds. The lowest BCUT2D eigenvalue weighted by atomic mass is 9.95. The first kappa shape index (κ1) is 18.1. The van der Waals surface area contributed by atoms with Crippen LogP contribution < -0.4 is 10.3 Å². The van der Waals surface area contributed by atoms with Gasteiger partial charge in [-0.25, -0.2) is 27.1 Å². The molecule has 8 heteroatoms. The second-order valence-electron chi connectivity index (χ2n) is 5.00. The van der Waals surface area contributed by atoms with Gasteiger partial charge >= 0.3 is 0 Å². The van der Waals surface area contributed by atoms with Crippen molar-refractivity contribution in [2.45, 2.75) is 9.79 Å². The number of nitrogens with two attached hydrogens (primary N) is 2. The molecule has 0 aliphatic carbocycles. The summed E-state index contributed by atoms with van der Waals surface area (Å²) < 4.78 is 46.5. The summed E-state index contributed by atoms with van der Waals surface area (Å²) in [4.78, 5) is -0.196. The van der Waals surface area contributed by atoms with Gasteiger partial charge in [-0.1, -0.05) is 37.4 Å². The van der Waals surface area contributed by atoms with Crippen LogP contribution in [0, 0.1) is 0 Å². The summed E-state index contributed by atoms with van der Waals surface area (Å²) in [5, 5.41) is 10.4. The average Bonchev–Trinajstić information content (AvgIpc) is 2.51. The molecule has 2 aromatic carbocycles. The Labute approximate surface area is 141 Å². The van der Waals surface area contributed by atoms with E-state index < -0.39 is 20.0 Å². The molecule has 0 spiro atoms. The molecule has 0 saturated heterocycles. The van der Waals surface area contributed by atoms with Crippen molar-refractivity contribution >= 4 is 32.2 Å². The van der Waals surface area contributed by atoms with Crippen molar-refractivity contribution in [3.05, 3.63) is 60.7 Å². The zero-order valence-corrected chi connectivity index (χ0v) is 14.3. The highest BCUT2D eigenvalue weighted by molar-refractivity contribution is 7.89. The molecule has 6 nitrogen and oxygen atoms in total. The Balaban J connectivity index is 2.88. The second kappa shape index (κ2) is 6.33. The highest BCUT2D eigenvalue weighted by Crippen LogP contribution is 2.32. The van der Waals surface area contributed by atoms with Crippen LogP contribution in [0.3, 0.4) is 0 Å². The van der Waals surface area contributed by atoms with Crippen LogP contribution >= 0.6 is 0 Å².